The molecule has 0 spiro atoms. The van der Waals surface area contributed by atoms with E-state index in [9.17, 15) is 8.42 Å². The van der Waals surface area contributed by atoms with Crippen LogP contribution in [0.2, 0.25) is 0 Å². The van der Waals surface area contributed by atoms with Crippen molar-refractivity contribution in [1.82, 2.24) is 19.4 Å². The fourth-order valence-corrected chi connectivity index (χ4v) is 3.72. The highest BCUT2D eigenvalue weighted by Crippen LogP contribution is 2.14. The predicted molar refractivity (Wildman–Crippen MR) is 97.1 cm³/mol. The molecule has 132 valence electrons. The van der Waals surface area contributed by atoms with E-state index in [0.29, 0.717) is 19.1 Å². The van der Waals surface area contributed by atoms with Gasteiger partial charge >= 0.3 is 0 Å². The van der Waals surface area contributed by atoms with Gasteiger partial charge in [0.1, 0.15) is 0 Å². The second-order valence-electron chi connectivity index (χ2n) is 5.93. The van der Waals surface area contributed by atoms with E-state index in [0.717, 1.165) is 25.1 Å². The fourth-order valence-electron chi connectivity index (χ4n) is 2.84. The average Bonchev–Trinajstić information content (AvgIpc) is 3.07. The molecule has 1 aromatic heterocycles. The monoisotopic (exact) mass is 370 g/mol. The van der Waals surface area contributed by atoms with Crippen molar-refractivity contribution < 1.29 is 8.42 Å². The van der Waals surface area contributed by atoms with Crippen LogP contribution in [0, 0.1) is 0 Å². The number of benzene rings is 1. The number of nitrogens with one attached hydrogen (secondary N) is 1. The Labute approximate surface area is 149 Å². The Morgan fingerprint density at radius 1 is 1.21 bits per heavy atom. The van der Waals surface area contributed by atoms with Crippen molar-refractivity contribution >= 4 is 22.4 Å². The van der Waals surface area contributed by atoms with Gasteiger partial charge in [0.15, 0.2) is 0 Å². The molecule has 24 heavy (non-hydrogen) atoms. The van der Waals surface area contributed by atoms with Crippen molar-refractivity contribution in [2.24, 2.45) is 0 Å². The predicted octanol–water partition coefficient (Wildman–Crippen LogP) is 1.81. The van der Waals surface area contributed by atoms with Crippen molar-refractivity contribution in [2.45, 2.75) is 25.4 Å². The zero-order chi connectivity index (χ0) is 16.3. The van der Waals surface area contributed by atoms with E-state index in [4.69, 9.17) is 0 Å². The van der Waals surface area contributed by atoms with E-state index in [-0.39, 0.29) is 12.4 Å². The maximum Gasteiger partial charge on any atom is 0.211 e. The maximum atomic E-state index is 11.5. The molecule has 0 radical (unpaired) electrons. The molecule has 2 aromatic rings. The van der Waals surface area contributed by atoms with Crippen LogP contribution in [-0.4, -0.2) is 47.9 Å². The molecule has 1 saturated heterocycles. The van der Waals surface area contributed by atoms with Crippen LogP contribution in [0.25, 0.3) is 5.69 Å². The van der Waals surface area contributed by atoms with Crippen LogP contribution in [0.1, 0.15) is 18.4 Å². The summed E-state index contributed by atoms with van der Waals surface area (Å²) in [6.45, 7) is 2.01. The Morgan fingerprint density at radius 2 is 1.88 bits per heavy atom. The van der Waals surface area contributed by atoms with E-state index in [1.54, 1.807) is 10.5 Å². The summed E-state index contributed by atoms with van der Waals surface area (Å²) < 4.78 is 26.4. The molecule has 1 aromatic carbocycles. The fraction of sp³-hybridized carbons (Fsp3) is 0.438. The number of rotatable bonds is 5. The molecule has 0 aliphatic carbocycles. The Morgan fingerprint density at radius 3 is 2.42 bits per heavy atom. The van der Waals surface area contributed by atoms with Crippen LogP contribution < -0.4 is 5.32 Å². The Balaban J connectivity index is 0.00000208. The number of piperidine rings is 1. The first-order valence-electron chi connectivity index (χ1n) is 7.80. The smallest absolute Gasteiger partial charge is 0.211 e. The lowest BCUT2D eigenvalue weighted by Gasteiger charge is -2.30. The summed E-state index contributed by atoms with van der Waals surface area (Å²) >= 11 is 0. The van der Waals surface area contributed by atoms with Crippen molar-refractivity contribution in [2.75, 3.05) is 19.3 Å². The summed E-state index contributed by atoms with van der Waals surface area (Å²) in [5.74, 6) is 0. The molecule has 3 rings (SSSR count). The lowest BCUT2D eigenvalue weighted by Crippen LogP contribution is -2.44. The third kappa shape index (κ3) is 4.80. The number of hydrogen-bond donors (Lipinski definition) is 1. The molecule has 0 saturated carbocycles. The molecule has 1 aliphatic heterocycles. The van der Waals surface area contributed by atoms with E-state index < -0.39 is 10.0 Å². The van der Waals surface area contributed by atoms with Crippen LogP contribution in [0.15, 0.2) is 42.7 Å². The van der Waals surface area contributed by atoms with Crippen LogP contribution in [0.4, 0.5) is 0 Å². The third-order valence-electron chi connectivity index (χ3n) is 4.22. The van der Waals surface area contributed by atoms with Crippen molar-refractivity contribution in [3.63, 3.8) is 0 Å². The highest BCUT2D eigenvalue weighted by atomic mass is 35.5. The highest BCUT2D eigenvalue weighted by Gasteiger charge is 2.24. The SMILES string of the molecule is CS(=O)(=O)N1CCC(NCc2ccc(-n3cccn3)cc2)CC1.Cl. The molecule has 8 heteroatoms. The number of hydrogen-bond acceptors (Lipinski definition) is 4. The van der Waals surface area contributed by atoms with Gasteiger partial charge in [-0.05, 0) is 36.6 Å². The molecular weight excluding hydrogens is 348 g/mol. The van der Waals surface area contributed by atoms with Gasteiger partial charge in [0.2, 0.25) is 10.0 Å². The zero-order valence-corrected chi connectivity index (χ0v) is 15.3. The molecular formula is C16H23ClN4O2S. The number of nitrogens with zero attached hydrogens (tertiary/aromatic N) is 3. The first-order valence-corrected chi connectivity index (χ1v) is 9.65. The van der Waals surface area contributed by atoms with Gasteiger partial charge in [-0.25, -0.2) is 17.4 Å². The third-order valence-corrected chi connectivity index (χ3v) is 5.53. The second kappa shape index (κ2) is 8.11. The van der Waals surface area contributed by atoms with Gasteiger partial charge < -0.3 is 5.32 Å². The molecule has 1 fully saturated rings. The summed E-state index contributed by atoms with van der Waals surface area (Å²) in [4.78, 5) is 0. The molecule has 0 bridgehead atoms. The van der Waals surface area contributed by atoms with Gasteiger partial charge in [0.25, 0.3) is 0 Å². The van der Waals surface area contributed by atoms with E-state index in [2.05, 4.69) is 34.7 Å². The van der Waals surface area contributed by atoms with Crippen LogP contribution >= 0.6 is 12.4 Å². The van der Waals surface area contributed by atoms with E-state index >= 15 is 0 Å². The van der Waals surface area contributed by atoms with Gasteiger partial charge in [0.05, 0.1) is 11.9 Å². The maximum absolute atomic E-state index is 11.5. The largest absolute Gasteiger partial charge is 0.310 e. The highest BCUT2D eigenvalue weighted by molar-refractivity contribution is 7.88. The molecule has 0 atom stereocenters. The van der Waals surface area contributed by atoms with Gasteiger partial charge in [0, 0.05) is 38.1 Å². The normalized spacial score (nSPS) is 16.7. The molecule has 1 N–H and O–H groups in total. The standard InChI is InChI=1S/C16H22N4O2S.ClH/c1-23(21,22)19-11-7-15(8-12-19)17-13-14-3-5-16(6-4-14)20-10-2-9-18-20;/h2-6,9-10,15,17H,7-8,11-13H2,1H3;1H. The van der Waals surface area contributed by atoms with Crippen LogP contribution in [-0.2, 0) is 16.6 Å². The number of halogens is 1. The Kier molecular flexibility index (Phi) is 6.40. The topological polar surface area (TPSA) is 67.2 Å². The average molecular weight is 371 g/mol. The van der Waals surface area contributed by atoms with Gasteiger partial charge in [-0.3, -0.25) is 0 Å². The zero-order valence-electron chi connectivity index (χ0n) is 13.6. The molecule has 0 unspecified atom stereocenters. The summed E-state index contributed by atoms with van der Waals surface area (Å²) in [6.07, 6.45) is 6.68. The minimum atomic E-state index is -3.05. The first-order chi connectivity index (χ1) is 11.0. The first kappa shape index (κ1) is 18.9. The minimum absolute atomic E-state index is 0. The summed E-state index contributed by atoms with van der Waals surface area (Å²) in [5.41, 5.74) is 2.26. The van der Waals surface area contributed by atoms with E-state index in [1.807, 2.05) is 16.9 Å². The minimum Gasteiger partial charge on any atom is -0.310 e. The van der Waals surface area contributed by atoms with Gasteiger partial charge in [-0.2, -0.15) is 5.10 Å². The second-order valence-corrected chi connectivity index (χ2v) is 7.92. The molecule has 6 nitrogen and oxygen atoms in total. The molecule has 1 aliphatic rings. The van der Waals surface area contributed by atoms with E-state index in [1.165, 1.54) is 11.8 Å². The molecule has 2 heterocycles. The van der Waals surface area contributed by atoms with Crippen molar-refractivity contribution in [1.29, 1.82) is 0 Å². The van der Waals surface area contributed by atoms with Crippen molar-refractivity contribution in [3.8, 4) is 5.69 Å². The quantitative estimate of drug-likeness (QED) is 0.871. The van der Waals surface area contributed by atoms with Gasteiger partial charge in [-0.15, -0.1) is 12.4 Å². The Bertz CT molecular complexity index is 724. The van der Waals surface area contributed by atoms with Crippen LogP contribution in [0.3, 0.4) is 0 Å². The Hall–Kier alpha value is -1.41. The van der Waals surface area contributed by atoms with Crippen molar-refractivity contribution in [3.05, 3.63) is 48.3 Å². The summed E-state index contributed by atoms with van der Waals surface area (Å²) in [7, 11) is -3.05. The number of aromatic nitrogens is 2. The molecule has 0 amide bonds. The van der Waals surface area contributed by atoms with Crippen LogP contribution in [0.5, 0.6) is 0 Å². The lowest BCUT2D eigenvalue weighted by molar-refractivity contribution is 0.290. The summed E-state index contributed by atoms with van der Waals surface area (Å²) in [5, 5.41) is 7.73. The summed E-state index contributed by atoms with van der Waals surface area (Å²) in [6, 6.07) is 10.6. The lowest BCUT2D eigenvalue weighted by atomic mass is 10.1. The van der Waals surface area contributed by atoms with Gasteiger partial charge in [-0.1, -0.05) is 12.1 Å². The number of sulfonamides is 1.